The van der Waals surface area contributed by atoms with Crippen molar-refractivity contribution in [1.82, 2.24) is 15.1 Å². The van der Waals surface area contributed by atoms with E-state index in [2.05, 4.69) is 10.2 Å². The third-order valence-electron chi connectivity index (χ3n) is 5.49. The van der Waals surface area contributed by atoms with Gasteiger partial charge in [-0.25, -0.2) is 0 Å². The first-order valence-electron chi connectivity index (χ1n) is 9.25. The van der Waals surface area contributed by atoms with Crippen molar-refractivity contribution in [3.05, 3.63) is 64.8 Å². The van der Waals surface area contributed by atoms with Crippen LogP contribution >= 0.6 is 0 Å². The summed E-state index contributed by atoms with van der Waals surface area (Å²) in [7, 11) is 0. The molecule has 1 aromatic heterocycles. The largest absolute Gasteiger partial charge is 0.416 e. The molecule has 7 heteroatoms. The fraction of sp³-hybridized carbons (Fsp3) is 0.333. The first-order valence-corrected chi connectivity index (χ1v) is 9.25. The summed E-state index contributed by atoms with van der Waals surface area (Å²) in [5, 5.41) is 7.84. The number of H-pyrrole nitrogens is 1. The second-order valence-corrected chi connectivity index (χ2v) is 7.22. The normalized spacial score (nSPS) is 15.9. The zero-order chi connectivity index (χ0) is 19.9. The quantitative estimate of drug-likeness (QED) is 0.679. The molecule has 0 unspecified atom stereocenters. The number of aromatic nitrogens is 2. The molecule has 0 spiro atoms. The van der Waals surface area contributed by atoms with Crippen LogP contribution in [0.25, 0.3) is 10.9 Å². The highest BCUT2D eigenvalue weighted by atomic mass is 19.4. The fourth-order valence-corrected chi connectivity index (χ4v) is 4.01. The Morgan fingerprint density at radius 1 is 1.11 bits per heavy atom. The maximum absolute atomic E-state index is 13.3. The van der Waals surface area contributed by atoms with Crippen LogP contribution in [0.15, 0.2) is 42.5 Å². The van der Waals surface area contributed by atoms with Crippen LogP contribution in [0.5, 0.6) is 0 Å². The smallest absolute Gasteiger partial charge is 0.337 e. The van der Waals surface area contributed by atoms with Crippen LogP contribution in [0, 0.1) is 6.92 Å². The number of amides is 1. The first kappa shape index (κ1) is 18.5. The van der Waals surface area contributed by atoms with E-state index in [0.29, 0.717) is 37.2 Å². The lowest BCUT2D eigenvalue weighted by atomic mass is 9.86. The minimum Gasteiger partial charge on any atom is -0.337 e. The molecule has 0 atom stereocenters. The lowest BCUT2D eigenvalue weighted by Gasteiger charge is -2.33. The molecular formula is C21H20F3N3O. The Bertz CT molecular complexity index is 1020. The molecule has 0 saturated carbocycles. The summed E-state index contributed by atoms with van der Waals surface area (Å²) in [5.74, 6) is -0.363. The second-order valence-electron chi connectivity index (χ2n) is 7.22. The molecule has 146 valence electrons. The molecule has 4 rings (SSSR count). The van der Waals surface area contributed by atoms with Crippen LogP contribution in [0.1, 0.15) is 45.9 Å². The van der Waals surface area contributed by atoms with E-state index in [-0.39, 0.29) is 11.8 Å². The van der Waals surface area contributed by atoms with Crippen LogP contribution < -0.4 is 0 Å². The summed E-state index contributed by atoms with van der Waals surface area (Å²) >= 11 is 0. The van der Waals surface area contributed by atoms with Gasteiger partial charge in [-0.1, -0.05) is 36.4 Å². The van der Waals surface area contributed by atoms with Crippen LogP contribution in [-0.4, -0.2) is 34.1 Å². The maximum atomic E-state index is 13.3. The third-order valence-corrected chi connectivity index (χ3v) is 5.49. The predicted molar refractivity (Wildman–Crippen MR) is 100 cm³/mol. The van der Waals surface area contributed by atoms with Crippen molar-refractivity contribution in [3.8, 4) is 0 Å². The number of nitrogens with zero attached hydrogens (tertiary/aromatic N) is 2. The summed E-state index contributed by atoms with van der Waals surface area (Å²) in [6, 6.07) is 11.4. The van der Waals surface area contributed by atoms with Gasteiger partial charge in [-0.05, 0) is 42.9 Å². The molecule has 0 bridgehead atoms. The van der Waals surface area contributed by atoms with Gasteiger partial charge in [-0.2, -0.15) is 18.3 Å². The Hall–Kier alpha value is -2.83. The summed E-state index contributed by atoms with van der Waals surface area (Å²) in [6.07, 6.45) is -3.36. The number of para-hydroxylation sites is 1. The van der Waals surface area contributed by atoms with Gasteiger partial charge in [0.1, 0.15) is 5.69 Å². The number of piperidine rings is 1. The van der Waals surface area contributed by atoms with E-state index in [1.54, 1.807) is 17.0 Å². The molecule has 1 aliphatic rings. The first-order chi connectivity index (χ1) is 13.4. The predicted octanol–water partition coefficient (Wildman–Crippen LogP) is 4.91. The molecule has 28 heavy (non-hydrogen) atoms. The molecule has 2 heterocycles. The second kappa shape index (κ2) is 6.96. The molecule has 2 aromatic carbocycles. The summed E-state index contributed by atoms with van der Waals surface area (Å²) in [5.41, 5.74) is 1.93. The Morgan fingerprint density at radius 2 is 1.82 bits per heavy atom. The van der Waals surface area contributed by atoms with Crippen molar-refractivity contribution in [2.45, 2.75) is 31.9 Å². The number of hydrogen-bond acceptors (Lipinski definition) is 2. The SMILES string of the molecule is Cc1cccc2c(C(=O)N3CCC(c4ccccc4C(F)(F)F)CC3)[nH]nc12. The lowest BCUT2D eigenvalue weighted by molar-refractivity contribution is -0.138. The van der Waals surface area contributed by atoms with Gasteiger partial charge in [0.2, 0.25) is 0 Å². The van der Waals surface area contributed by atoms with Crippen molar-refractivity contribution in [1.29, 1.82) is 0 Å². The van der Waals surface area contributed by atoms with Gasteiger partial charge in [0.15, 0.2) is 0 Å². The molecule has 1 amide bonds. The monoisotopic (exact) mass is 387 g/mol. The summed E-state index contributed by atoms with van der Waals surface area (Å²) < 4.78 is 39.9. The number of halogens is 3. The number of rotatable bonds is 2. The molecule has 0 radical (unpaired) electrons. The number of aryl methyl sites for hydroxylation is 1. The number of carbonyl (C=O) groups excluding carboxylic acids is 1. The number of nitrogens with one attached hydrogen (secondary N) is 1. The highest BCUT2D eigenvalue weighted by molar-refractivity contribution is 6.05. The van der Waals surface area contributed by atoms with Gasteiger partial charge in [-0.15, -0.1) is 0 Å². The van der Waals surface area contributed by atoms with Crippen molar-refractivity contribution in [2.75, 3.05) is 13.1 Å². The Balaban J connectivity index is 1.52. The van der Waals surface area contributed by atoms with E-state index in [0.717, 1.165) is 22.5 Å². The minimum absolute atomic E-state index is 0.157. The van der Waals surface area contributed by atoms with Crippen molar-refractivity contribution in [2.24, 2.45) is 0 Å². The zero-order valence-electron chi connectivity index (χ0n) is 15.4. The number of carbonyl (C=O) groups is 1. The minimum atomic E-state index is -4.36. The van der Waals surface area contributed by atoms with Crippen molar-refractivity contribution >= 4 is 16.8 Å². The van der Waals surface area contributed by atoms with Gasteiger partial charge < -0.3 is 4.90 Å². The Kier molecular flexibility index (Phi) is 4.61. The van der Waals surface area contributed by atoms with Gasteiger partial charge in [-0.3, -0.25) is 9.89 Å². The molecule has 4 nitrogen and oxygen atoms in total. The van der Waals surface area contributed by atoms with E-state index >= 15 is 0 Å². The Morgan fingerprint density at radius 3 is 2.54 bits per heavy atom. The highest BCUT2D eigenvalue weighted by Crippen LogP contribution is 2.38. The summed E-state index contributed by atoms with van der Waals surface area (Å²) in [4.78, 5) is 14.6. The van der Waals surface area contributed by atoms with Crippen LogP contribution in [0.2, 0.25) is 0 Å². The average Bonchev–Trinajstić information content (AvgIpc) is 3.12. The average molecular weight is 387 g/mol. The number of aromatic amines is 1. The van der Waals surface area contributed by atoms with E-state index in [1.165, 1.54) is 6.07 Å². The van der Waals surface area contributed by atoms with Crippen LogP contribution in [-0.2, 0) is 6.18 Å². The molecular weight excluding hydrogens is 367 g/mol. The summed E-state index contributed by atoms with van der Waals surface area (Å²) in [6.45, 7) is 2.77. The van der Waals surface area contributed by atoms with E-state index < -0.39 is 11.7 Å². The van der Waals surface area contributed by atoms with E-state index in [9.17, 15) is 18.0 Å². The third kappa shape index (κ3) is 3.25. The number of benzene rings is 2. The van der Waals surface area contributed by atoms with Gasteiger partial charge >= 0.3 is 6.18 Å². The van der Waals surface area contributed by atoms with Crippen molar-refractivity contribution in [3.63, 3.8) is 0 Å². The molecule has 1 aliphatic heterocycles. The zero-order valence-corrected chi connectivity index (χ0v) is 15.4. The van der Waals surface area contributed by atoms with Crippen LogP contribution in [0.3, 0.4) is 0 Å². The standard InChI is InChI=1S/C21H20F3N3O/c1-13-5-4-7-16-18(13)25-26-19(16)20(28)27-11-9-14(10-12-27)15-6-2-3-8-17(15)21(22,23)24/h2-8,14H,9-12H2,1H3,(H,25,26). The molecule has 3 aromatic rings. The Labute approximate surface area is 160 Å². The molecule has 1 N–H and O–H groups in total. The number of hydrogen-bond donors (Lipinski definition) is 1. The number of fused-ring (bicyclic) bond motifs is 1. The fourth-order valence-electron chi connectivity index (χ4n) is 4.01. The van der Waals surface area contributed by atoms with Gasteiger partial charge in [0.25, 0.3) is 5.91 Å². The van der Waals surface area contributed by atoms with Gasteiger partial charge in [0.05, 0.1) is 11.1 Å². The van der Waals surface area contributed by atoms with E-state index in [1.807, 2.05) is 25.1 Å². The maximum Gasteiger partial charge on any atom is 0.416 e. The highest BCUT2D eigenvalue weighted by Gasteiger charge is 2.36. The molecule has 1 fully saturated rings. The topological polar surface area (TPSA) is 49.0 Å². The number of alkyl halides is 3. The lowest BCUT2D eigenvalue weighted by Crippen LogP contribution is -2.38. The molecule has 0 aliphatic carbocycles. The van der Waals surface area contributed by atoms with Gasteiger partial charge in [0, 0.05) is 18.5 Å². The number of likely N-dealkylation sites (tertiary alicyclic amines) is 1. The molecule has 1 saturated heterocycles. The van der Waals surface area contributed by atoms with Crippen molar-refractivity contribution < 1.29 is 18.0 Å². The van der Waals surface area contributed by atoms with Crippen LogP contribution in [0.4, 0.5) is 13.2 Å². The van der Waals surface area contributed by atoms with E-state index in [4.69, 9.17) is 0 Å².